The van der Waals surface area contributed by atoms with E-state index in [0.29, 0.717) is 31.9 Å². The van der Waals surface area contributed by atoms with Gasteiger partial charge in [-0.3, -0.25) is 9.48 Å². The number of amides is 1. The number of ether oxygens (including phenoxy) is 1. The van der Waals surface area contributed by atoms with Gasteiger partial charge in [0.05, 0.1) is 13.2 Å². The Morgan fingerprint density at radius 3 is 2.54 bits per heavy atom. The summed E-state index contributed by atoms with van der Waals surface area (Å²) in [5.74, 6) is -0.0568. The molecule has 0 saturated heterocycles. The van der Waals surface area contributed by atoms with Crippen molar-refractivity contribution >= 4 is 5.91 Å². The molecule has 5 heteroatoms. The number of carbonyl (C=O) groups is 1. The molecular weight excluding hydrogens is 326 g/mol. The highest BCUT2D eigenvalue weighted by Crippen LogP contribution is 2.06. The van der Waals surface area contributed by atoms with E-state index in [0.717, 1.165) is 17.5 Å². The summed E-state index contributed by atoms with van der Waals surface area (Å²) < 4.78 is 7.47. The Labute approximate surface area is 153 Å². The van der Waals surface area contributed by atoms with Crippen LogP contribution >= 0.6 is 0 Å². The van der Waals surface area contributed by atoms with Gasteiger partial charge in [0.25, 0.3) is 5.91 Å². The molecule has 3 rings (SSSR count). The van der Waals surface area contributed by atoms with Crippen molar-refractivity contribution in [1.29, 1.82) is 0 Å². The maximum absolute atomic E-state index is 12.2. The molecule has 0 saturated carbocycles. The second-order valence-electron chi connectivity index (χ2n) is 6.05. The molecule has 1 aromatic heterocycles. The molecule has 0 atom stereocenters. The van der Waals surface area contributed by atoms with Crippen molar-refractivity contribution in [2.24, 2.45) is 0 Å². The molecule has 0 aliphatic rings. The normalized spacial score (nSPS) is 10.6. The van der Waals surface area contributed by atoms with Crippen LogP contribution in [0.1, 0.15) is 27.9 Å². The summed E-state index contributed by atoms with van der Waals surface area (Å²) in [5, 5.41) is 7.11. The maximum Gasteiger partial charge on any atom is 0.251 e. The Morgan fingerprint density at radius 2 is 1.81 bits per heavy atom. The largest absolute Gasteiger partial charge is 0.377 e. The standard InChI is InChI=1S/C21H23N3O2/c25-21(22-12-5-15-26-17-19-6-2-1-3-7-19)20-10-8-18(9-11-20)16-24-14-4-13-23-24/h1-4,6-11,13-14H,5,12,15-17H2,(H,22,25). The van der Waals surface area contributed by atoms with Crippen molar-refractivity contribution < 1.29 is 9.53 Å². The highest BCUT2D eigenvalue weighted by molar-refractivity contribution is 5.94. The lowest BCUT2D eigenvalue weighted by Crippen LogP contribution is -2.25. The van der Waals surface area contributed by atoms with Crippen LogP contribution in [0.5, 0.6) is 0 Å². The highest BCUT2D eigenvalue weighted by Gasteiger charge is 2.05. The number of nitrogens with zero attached hydrogens (tertiary/aromatic N) is 2. The molecule has 0 aliphatic heterocycles. The fourth-order valence-corrected chi connectivity index (χ4v) is 2.59. The highest BCUT2D eigenvalue weighted by atomic mass is 16.5. The van der Waals surface area contributed by atoms with Crippen LogP contribution in [-0.4, -0.2) is 28.8 Å². The summed E-state index contributed by atoms with van der Waals surface area (Å²) >= 11 is 0. The van der Waals surface area contributed by atoms with Crippen molar-refractivity contribution in [2.45, 2.75) is 19.6 Å². The summed E-state index contributed by atoms with van der Waals surface area (Å²) in [6.45, 7) is 2.53. The third-order valence-electron chi connectivity index (χ3n) is 3.98. The van der Waals surface area contributed by atoms with Gasteiger partial charge in [0.2, 0.25) is 0 Å². The smallest absolute Gasteiger partial charge is 0.251 e. The minimum atomic E-state index is -0.0568. The number of carbonyl (C=O) groups excluding carboxylic acids is 1. The quantitative estimate of drug-likeness (QED) is 0.603. The van der Waals surface area contributed by atoms with Crippen LogP contribution in [0.15, 0.2) is 73.1 Å². The van der Waals surface area contributed by atoms with Gasteiger partial charge in [-0.1, -0.05) is 42.5 Å². The maximum atomic E-state index is 12.2. The molecule has 0 radical (unpaired) electrons. The van der Waals surface area contributed by atoms with E-state index >= 15 is 0 Å². The van der Waals surface area contributed by atoms with E-state index in [4.69, 9.17) is 4.74 Å². The molecule has 26 heavy (non-hydrogen) atoms. The van der Waals surface area contributed by atoms with Gasteiger partial charge < -0.3 is 10.1 Å². The van der Waals surface area contributed by atoms with Crippen LogP contribution in [-0.2, 0) is 17.9 Å². The summed E-state index contributed by atoms with van der Waals surface area (Å²) in [4.78, 5) is 12.2. The number of nitrogens with one attached hydrogen (secondary N) is 1. The molecule has 2 aromatic carbocycles. The zero-order valence-corrected chi connectivity index (χ0v) is 14.7. The average Bonchev–Trinajstić information content (AvgIpc) is 3.19. The molecule has 1 heterocycles. The van der Waals surface area contributed by atoms with E-state index in [-0.39, 0.29) is 5.91 Å². The van der Waals surface area contributed by atoms with Crippen molar-refractivity contribution in [1.82, 2.24) is 15.1 Å². The van der Waals surface area contributed by atoms with E-state index in [1.807, 2.05) is 71.5 Å². The Bertz CT molecular complexity index is 784. The monoisotopic (exact) mass is 349 g/mol. The van der Waals surface area contributed by atoms with E-state index in [2.05, 4.69) is 10.4 Å². The molecule has 0 fully saturated rings. The fourth-order valence-electron chi connectivity index (χ4n) is 2.59. The lowest BCUT2D eigenvalue weighted by molar-refractivity contribution is 0.0934. The molecule has 0 bridgehead atoms. The van der Waals surface area contributed by atoms with Crippen molar-refractivity contribution in [2.75, 3.05) is 13.2 Å². The van der Waals surface area contributed by atoms with E-state index in [1.165, 1.54) is 0 Å². The van der Waals surface area contributed by atoms with E-state index in [1.54, 1.807) is 6.20 Å². The van der Waals surface area contributed by atoms with E-state index < -0.39 is 0 Å². The van der Waals surface area contributed by atoms with Crippen molar-refractivity contribution in [3.05, 3.63) is 89.7 Å². The molecule has 1 amide bonds. The van der Waals surface area contributed by atoms with Gasteiger partial charge in [0.15, 0.2) is 0 Å². The fraction of sp³-hybridized carbons (Fsp3) is 0.238. The SMILES string of the molecule is O=C(NCCCOCc1ccccc1)c1ccc(Cn2cccn2)cc1. The Hall–Kier alpha value is -2.92. The summed E-state index contributed by atoms with van der Waals surface area (Å²) in [7, 11) is 0. The van der Waals surface area contributed by atoms with Crippen molar-refractivity contribution in [3.8, 4) is 0 Å². The van der Waals surface area contributed by atoms with Crippen molar-refractivity contribution in [3.63, 3.8) is 0 Å². The van der Waals surface area contributed by atoms with Crippen LogP contribution in [0, 0.1) is 0 Å². The van der Waals surface area contributed by atoms with Crippen LogP contribution in [0.25, 0.3) is 0 Å². The number of hydrogen-bond acceptors (Lipinski definition) is 3. The Balaban J connectivity index is 1.34. The molecule has 134 valence electrons. The molecular formula is C21H23N3O2. The lowest BCUT2D eigenvalue weighted by atomic mass is 10.1. The zero-order chi connectivity index (χ0) is 18.0. The first-order chi connectivity index (χ1) is 12.8. The van der Waals surface area contributed by atoms with Gasteiger partial charge in [-0.15, -0.1) is 0 Å². The second-order valence-corrected chi connectivity index (χ2v) is 6.05. The van der Waals surface area contributed by atoms with E-state index in [9.17, 15) is 4.79 Å². The summed E-state index contributed by atoms with van der Waals surface area (Å²) in [6.07, 6.45) is 4.46. The number of rotatable bonds is 9. The van der Waals surface area contributed by atoms with Crippen LogP contribution in [0.3, 0.4) is 0 Å². The number of hydrogen-bond donors (Lipinski definition) is 1. The van der Waals surface area contributed by atoms with Gasteiger partial charge in [0.1, 0.15) is 0 Å². The minimum Gasteiger partial charge on any atom is -0.377 e. The Kier molecular flexibility index (Phi) is 6.56. The van der Waals surface area contributed by atoms with Crippen LogP contribution < -0.4 is 5.32 Å². The first-order valence-corrected chi connectivity index (χ1v) is 8.77. The molecule has 1 N–H and O–H groups in total. The topological polar surface area (TPSA) is 56.1 Å². The predicted molar refractivity (Wildman–Crippen MR) is 101 cm³/mol. The third-order valence-corrected chi connectivity index (χ3v) is 3.98. The number of benzene rings is 2. The zero-order valence-electron chi connectivity index (χ0n) is 14.7. The second kappa shape index (κ2) is 9.53. The number of aromatic nitrogens is 2. The Morgan fingerprint density at radius 1 is 1.00 bits per heavy atom. The van der Waals surface area contributed by atoms with Gasteiger partial charge >= 0.3 is 0 Å². The van der Waals surface area contributed by atoms with Gasteiger partial charge in [0, 0.05) is 31.1 Å². The van der Waals surface area contributed by atoms with Crippen LogP contribution in [0.2, 0.25) is 0 Å². The average molecular weight is 349 g/mol. The summed E-state index contributed by atoms with van der Waals surface area (Å²) in [6, 6.07) is 19.6. The first kappa shape index (κ1) is 17.9. The molecule has 3 aromatic rings. The van der Waals surface area contributed by atoms with Gasteiger partial charge in [-0.2, -0.15) is 5.10 Å². The third kappa shape index (κ3) is 5.57. The van der Waals surface area contributed by atoms with Gasteiger partial charge in [-0.05, 0) is 35.7 Å². The lowest BCUT2D eigenvalue weighted by Gasteiger charge is -2.07. The molecule has 0 unspecified atom stereocenters. The molecule has 0 spiro atoms. The van der Waals surface area contributed by atoms with Crippen LogP contribution in [0.4, 0.5) is 0 Å². The first-order valence-electron chi connectivity index (χ1n) is 8.77. The molecule has 5 nitrogen and oxygen atoms in total. The minimum absolute atomic E-state index is 0.0568. The van der Waals surface area contributed by atoms with Gasteiger partial charge in [-0.25, -0.2) is 0 Å². The molecule has 0 aliphatic carbocycles. The summed E-state index contributed by atoms with van der Waals surface area (Å²) in [5.41, 5.74) is 2.94. The predicted octanol–water partition coefficient (Wildman–Crippen LogP) is 3.27.